The van der Waals surface area contributed by atoms with Gasteiger partial charge in [0.25, 0.3) is 5.69 Å². The van der Waals surface area contributed by atoms with Crippen molar-refractivity contribution in [2.45, 2.75) is 24.2 Å². The molecule has 0 aromatic heterocycles. The van der Waals surface area contributed by atoms with Crippen LogP contribution >= 0.6 is 0 Å². The lowest BCUT2D eigenvalue weighted by Crippen LogP contribution is -2.69. The van der Waals surface area contributed by atoms with Crippen molar-refractivity contribution in [3.05, 3.63) is 75.8 Å². The molecule has 1 fully saturated rings. The standard InChI is InChI=1S/C19H15F3N2O5/c20-19(21,22)18(27)16(17(26)11-5-2-1-3-6-11)14(10-15(25)23-18)12-7-4-8-13(9-12)24(28)29/h1-9,14,16,27H,10H2,(H,23,25)/t14-,16+,18+/m1/s1. The summed E-state index contributed by atoms with van der Waals surface area (Å²) in [5.74, 6) is -5.73. The normalized spacial score (nSPS) is 24.6. The first kappa shape index (κ1) is 20.5. The molecule has 1 aliphatic rings. The number of Topliss-reactive ketones (excluding diaryl/α,β-unsaturated/α-hetero) is 1. The van der Waals surface area contributed by atoms with Crippen molar-refractivity contribution in [1.29, 1.82) is 0 Å². The van der Waals surface area contributed by atoms with E-state index in [-0.39, 0.29) is 11.1 Å². The Labute approximate surface area is 162 Å². The average Bonchev–Trinajstić information content (AvgIpc) is 2.67. The number of piperidine rings is 1. The van der Waals surface area contributed by atoms with E-state index in [2.05, 4.69) is 0 Å². The minimum atomic E-state index is -5.36. The monoisotopic (exact) mass is 408 g/mol. The third-order valence-corrected chi connectivity index (χ3v) is 4.87. The minimum absolute atomic E-state index is 0.0222. The second-order valence-corrected chi connectivity index (χ2v) is 6.68. The number of aliphatic hydroxyl groups is 1. The number of nitro benzene ring substituents is 1. The average molecular weight is 408 g/mol. The Morgan fingerprint density at radius 1 is 1.17 bits per heavy atom. The van der Waals surface area contributed by atoms with Crippen LogP contribution < -0.4 is 5.32 Å². The first-order chi connectivity index (χ1) is 13.5. The summed E-state index contributed by atoms with van der Waals surface area (Å²) in [6.07, 6.45) is -5.92. The largest absolute Gasteiger partial charge is 0.437 e. The Morgan fingerprint density at radius 2 is 1.83 bits per heavy atom. The summed E-state index contributed by atoms with van der Waals surface area (Å²) in [6.45, 7) is 0. The van der Waals surface area contributed by atoms with Crippen LogP contribution in [0.1, 0.15) is 28.3 Å². The highest BCUT2D eigenvalue weighted by atomic mass is 19.4. The molecule has 1 heterocycles. The van der Waals surface area contributed by atoms with E-state index >= 15 is 0 Å². The van der Waals surface area contributed by atoms with Crippen molar-refractivity contribution in [1.82, 2.24) is 5.32 Å². The Bertz CT molecular complexity index is 964. The highest BCUT2D eigenvalue weighted by molar-refractivity contribution is 6.00. The summed E-state index contributed by atoms with van der Waals surface area (Å²) in [6, 6.07) is 11.7. The maximum atomic E-state index is 13.8. The number of carbonyl (C=O) groups excluding carboxylic acids is 2. The van der Waals surface area contributed by atoms with Crippen molar-refractivity contribution in [2.24, 2.45) is 5.92 Å². The zero-order chi connectivity index (χ0) is 21.4. The number of amides is 1. The van der Waals surface area contributed by atoms with Gasteiger partial charge in [-0.25, -0.2) is 0 Å². The lowest BCUT2D eigenvalue weighted by Gasteiger charge is -2.44. The van der Waals surface area contributed by atoms with Crippen molar-refractivity contribution in [3.63, 3.8) is 0 Å². The van der Waals surface area contributed by atoms with Gasteiger partial charge in [-0.3, -0.25) is 19.7 Å². The number of hydrogen-bond donors (Lipinski definition) is 2. The Morgan fingerprint density at radius 3 is 2.41 bits per heavy atom. The quantitative estimate of drug-likeness (QED) is 0.459. The number of nitro groups is 1. The lowest BCUT2D eigenvalue weighted by molar-refractivity contribution is -0.385. The van der Waals surface area contributed by atoms with Gasteiger partial charge in [0, 0.05) is 30.0 Å². The number of benzene rings is 2. The molecule has 7 nitrogen and oxygen atoms in total. The first-order valence-electron chi connectivity index (χ1n) is 8.48. The highest BCUT2D eigenvalue weighted by Crippen LogP contribution is 2.47. The van der Waals surface area contributed by atoms with Gasteiger partial charge >= 0.3 is 6.18 Å². The number of halogens is 3. The van der Waals surface area contributed by atoms with Crippen LogP contribution in [-0.2, 0) is 4.79 Å². The van der Waals surface area contributed by atoms with Gasteiger partial charge in [-0.2, -0.15) is 13.2 Å². The summed E-state index contributed by atoms with van der Waals surface area (Å²) < 4.78 is 41.4. The molecule has 10 heteroatoms. The van der Waals surface area contributed by atoms with Gasteiger partial charge in [0.15, 0.2) is 5.78 Å². The van der Waals surface area contributed by atoms with Gasteiger partial charge in [0.1, 0.15) is 0 Å². The van der Waals surface area contributed by atoms with Gasteiger partial charge in [0.2, 0.25) is 11.6 Å². The molecule has 1 amide bonds. The van der Waals surface area contributed by atoms with Gasteiger partial charge in [-0.15, -0.1) is 0 Å². The second-order valence-electron chi connectivity index (χ2n) is 6.68. The van der Waals surface area contributed by atoms with E-state index in [0.29, 0.717) is 0 Å². The van der Waals surface area contributed by atoms with Crippen LogP contribution in [0.25, 0.3) is 0 Å². The number of carbonyl (C=O) groups is 2. The van der Waals surface area contributed by atoms with Crippen molar-refractivity contribution in [2.75, 3.05) is 0 Å². The lowest BCUT2D eigenvalue weighted by atomic mass is 9.70. The number of nitrogens with zero attached hydrogens (tertiary/aromatic N) is 1. The molecule has 0 spiro atoms. The van der Waals surface area contributed by atoms with E-state index in [0.717, 1.165) is 12.1 Å². The molecule has 2 aromatic rings. The van der Waals surface area contributed by atoms with E-state index < -0.39 is 52.5 Å². The molecule has 29 heavy (non-hydrogen) atoms. The van der Waals surface area contributed by atoms with Gasteiger partial charge in [0.05, 0.1) is 10.8 Å². The molecule has 3 atom stereocenters. The topological polar surface area (TPSA) is 110 Å². The van der Waals surface area contributed by atoms with Gasteiger partial charge in [-0.05, 0) is 5.56 Å². The van der Waals surface area contributed by atoms with Gasteiger partial charge in [-0.1, -0.05) is 42.5 Å². The Kier molecular flexibility index (Phi) is 5.14. The molecular weight excluding hydrogens is 393 g/mol. The first-order valence-corrected chi connectivity index (χ1v) is 8.48. The summed E-state index contributed by atoms with van der Waals surface area (Å²) in [5, 5.41) is 23.0. The number of hydrogen-bond acceptors (Lipinski definition) is 5. The number of rotatable bonds is 4. The summed E-state index contributed by atoms with van der Waals surface area (Å²) >= 11 is 0. The van der Waals surface area contributed by atoms with Crippen LogP contribution in [0.4, 0.5) is 18.9 Å². The molecule has 0 saturated carbocycles. The van der Waals surface area contributed by atoms with Crippen molar-refractivity contribution < 1.29 is 32.8 Å². The molecule has 152 valence electrons. The molecule has 1 saturated heterocycles. The Hall–Kier alpha value is -3.27. The van der Waals surface area contributed by atoms with Crippen LogP contribution in [0.5, 0.6) is 0 Å². The maximum absolute atomic E-state index is 13.8. The van der Waals surface area contributed by atoms with E-state index in [4.69, 9.17) is 0 Å². The number of nitrogens with one attached hydrogen (secondary N) is 1. The molecule has 0 aliphatic carbocycles. The molecule has 2 N–H and O–H groups in total. The van der Waals surface area contributed by atoms with E-state index in [1.54, 1.807) is 6.07 Å². The van der Waals surface area contributed by atoms with Crippen LogP contribution in [0.15, 0.2) is 54.6 Å². The molecule has 2 aromatic carbocycles. The summed E-state index contributed by atoms with van der Waals surface area (Å²) in [5.41, 5.74) is -4.35. The fourth-order valence-electron chi connectivity index (χ4n) is 3.53. The zero-order valence-corrected chi connectivity index (χ0v) is 14.7. The van der Waals surface area contributed by atoms with E-state index in [9.17, 15) is 38.0 Å². The van der Waals surface area contributed by atoms with E-state index in [1.807, 2.05) is 0 Å². The number of ketones is 1. The molecule has 0 radical (unpaired) electrons. The van der Waals surface area contributed by atoms with Crippen LogP contribution in [0.3, 0.4) is 0 Å². The van der Waals surface area contributed by atoms with Crippen LogP contribution in [-0.4, -0.2) is 33.6 Å². The fourth-order valence-corrected chi connectivity index (χ4v) is 3.53. The van der Waals surface area contributed by atoms with E-state index in [1.165, 1.54) is 41.7 Å². The molecule has 0 bridgehead atoms. The second kappa shape index (κ2) is 7.28. The third-order valence-electron chi connectivity index (χ3n) is 4.87. The summed E-state index contributed by atoms with van der Waals surface area (Å²) in [7, 11) is 0. The molecule has 1 aliphatic heterocycles. The van der Waals surface area contributed by atoms with Crippen LogP contribution in [0, 0.1) is 16.0 Å². The van der Waals surface area contributed by atoms with Crippen LogP contribution in [0.2, 0.25) is 0 Å². The van der Waals surface area contributed by atoms with Crippen molar-refractivity contribution in [3.8, 4) is 0 Å². The molecular formula is C19H15F3N2O5. The van der Waals surface area contributed by atoms with Gasteiger partial charge < -0.3 is 10.4 Å². The number of non-ortho nitro benzene ring substituents is 1. The zero-order valence-electron chi connectivity index (χ0n) is 14.7. The predicted molar refractivity (Wildman–Crippen MR) is 93.9 cm³/mol. The molecule has 3 rings (SSSR count). The fraction of sp³-hybridized carbons (Fsp3) is 0.263. The maximum Gasteiger partial charge on any atom is 0.437 e. The third kappa shape index (κ3) is 3.70. The van der Waals surface area contributed by atoms with Crippen molar-refractivity contribution >= 4 is 17.4 Å². The number of alkyl halides is 3. The smallest absolute Gasteiger partial charge is 0.363 e. The summed E-state index contributed by atoms with van der Waals surface area (Å²) in [4.78, 5) is 35.4. The highest BCUT2D eigenvalue weighted by Gasteiger charge is 2.66. The SMILES string of the molecule is O=C1C[C@H](c2cccc([N+](=O)[O-])c2)[C@@H](C(=O)c2ccccc2)[C@](O)(C(F)(F)F)N1. The molecule has 0 unspecified atom stereocenters. The minimum Gasteiger partial charge on any atom is -0.363 e. The predicted octanol–water partition coefficient (Wildman–Crippen LogP) is 2.95. The Balaban J connectivity index is 2.18.